The number of ether oxygens (including phenoxy) is 1. The van der Waals surface area contributed by atoms with Gasteiger partial charge in [-0.2, -0.15) is 0 Å². The predicted molar refractivity (Wildman–Crippen MR) is 82.1 cm³/mol. The van der Waals surface area contributed by atoms with Gasteiger partial charge in [-0.05, 0) is 38.3 Å². The highest BCUT2D eigenvalue weighted by Crippen LogP contribution is 2.35. The third-order valence-corrected chi connectivity index (χ3v) is 4.06. The fourth-order valence-electron chi connectivity index (χ4n) is 2.56. The smallest absolute Gasteiger partial charge is 0.163 e. The van der Waals surface area contributed by atoms with Crippen LogP contribution in [0.4, 0.5) is 5.82 Å². The van der Waals surface area contributed by atoms with Crippen LogP contribution in [0.3, 0.4) is 0 Å². The van der Waals surface area contributed by atoms with E-state index in [2.05, 4.69) is 20.3 Å². The summed E-state index contributed by atoms with van der Waals surface area (Å²) in [5.74, 6) is 1.54. The molecule has 5 nitrogen and oxygen atoms in total. The van der Waals surface area contributed by atoms with E-state index in [9.17, 15) is 0 Å². The second kappa shape index (κ2) is 5.77. The summed E-state index contributed by atoms with van der Waals surface area (Å²) < 4.78 is 5.62. The van der Waals surface area contributed by atoms with Gasteiger partial charge in [0.2, 0.25) is 0 Å². The van der Waals surface area contributed by atoms with Crippen LogP contribution in [0.25, 0.3) is 11.4 Å². The van der Waals surface area contributed by atoms with Gasteiger partial charge >= 0.3 is 0 Å². The predicted octanol–water partition coefficient (Wildman–Crippen LogP) is 2.83. The summed E-state index contributed by atoms with van der Waals surface area (Å²) in [6.07, 6.45) is 6.98. The van der Waals surface area contributed by atoms with Crippen LogP contribution < -0.4 is 5.32 Å². The van der Waals surface area contributed by atoms with Gasteiger partial charge in [0.15, 0.2) is 5.82 Å². The number of rotatable bonds is 5. The monoisotopic (exact) mass is 284 g/mol. The standard InChI is InChI=1S/C16H20N4O/c1-12-9-14(18-11-16(21-2)6-4-7-16)20-15(19-12)13-5-3-8-17-10-13/h3,5,8-10H,4,6-7,11H2,1-2H3,(H,18,19,20). The largest absolute Gasteiger partial charge is 0.376 e. The van der Waals surface area contributed by atoms with Crippen LogP contribution in [0, 0.1) is 6.92 Å². The number of pyridine rings is 1. The van der Waals surface area contributed by atoms with E-state index in [4.69, 9.17) is 4.74 Å². The summed E-state index contributed by atoms with van der Waals surface area (Å²) >= 11 is 0. The molecule has 0 spiro atoms. The van der Waals surface area contributed by atoms with Crippen molar-refractivity contribution in [1.29, 1.82) is 0 Å². The number of hydrogen-bond acceptors (Lipinski definition) is 5. The minimum atomic E-state index is -0.0205. The summed E-state index contributed by atoms with van der Waals surface area (Å²) in [7, 11) is 1.78. The first-order valence-corrected chi connectivity index (χ1v) is 7.26. The maximum absolute atomic E-state index is 5.62. The molecule has 0 aromatic carbocycles. The Balaban J connectivity index is 1.78. The molecule has 1 N–H and O–H groups in total. The molecule has 110 valence electrons. The first-order chi connectivity index (χ1) is 10.2. The number of aryl methyl sites for hydroxylation is 1. The zero-order chi connectivity index (χ0) is 14.7. The van der Waals surface area contributed by atoms with Crippen molar-refractivity contribution in [2.75, 3.05) is 19.0 Å². The molecule has 0 unspecified atom stereocenters. The lowest BCUT2D eigenvalue weighted by atomic mass is 9.80. The average Bonchev–Trinajstić information content (AvgIpc) is 2.47. The van der Waals surface area contributed by atoms with Gasteiger partial charge in [-0.25, -0.2) is 9.97 Å². The van der Waals surface area contributed by atoms with Crippen LogP contribution in [0.1, 0.15) is 25.0 Å². The van der Waals surface area contributed by atoms with E-state index in [1.54, 1.807) is 19.5 Å². The van der Waals surface area contributed by atoms with Crippen LogP contribution in [-0.4, -0.2) is 34.2 Å². The molecule has 2 aromatic rings. The minimum absolute atomic E-state index is 0.0205. The van der Waals surface area contributed by atoms with Crippen LogP contribution in [0.2, 0.25) is 0 Å². The van der Waals surface area contributed by atoms with Gasteiger partial charge in [0.1, 0.15) is 5.82 Å². The van der Waals surface area contributed by atoms with Crippen molar-refractivity contribution in [3.63, 3.8) is 0 Å². The molecule has 1 aliphatic carbocycles. The lowest BCUT2D eigenvalue weighted by molar-refractivity contribution is -0.0601. The molecule has 0 saturated heterocycles. The Bertz CT molecular complexity index is 605. The summed E-state index contributed by atoms with van der Waals surface area (Å²) in [6, 6.07) is 5.82. The molecule has 5 heteroatoms. The second-order valence-corrected chi connectivity index (χ2v) is 5.55. The van der Waals surface area contributed by atoms with Crippen LogP contribution in [-0.2, 0) is 4.74 Å². The zero-order valence-electron chi connectivity index (χ0n) is 12.5. The lowest BCUT2D eigenvalue weighted by Crippen LogP contribution is -2.45. The summed E-state index contributed by atoms with van der Waals surface area (Å²) in [5.41, 5.74) is 1.84. The van der Waals surface area contributed by atoms with Crippen molar-refractivity contribution >= 4 is 5.82 Å². The summed E-state index contributed by atoms with van der Waals surface area (Å²) in [4.78, 5) is 13.2. The quantitative estimate of drug-likeness (QED) is 0.915. The molecule has 2 heterocycles. The molecule has 0 radical (unpaired) electrons. The molecular formula is C16H20N4O. The van der Waals surface area contributed by atoms with Gasteiger partial charge in [-0.3, -0.25) is 4.98 Å². The molecule has 1 saturated carbocycles. The van der Waals surface area contributed by atoms with Gasteiger partial charge < -0.3 is 10.1 Å². The zero-order valence-corrected chi connectivity index (χ0v) is 12.5. The Morgan fingerprint density at radius 3 is 2.81 bits per heavy atom. The Hall–Kier alpha value is -2.01. The molecule has 21 heavy (non-hydrogen) atoms. The molecule has 1 fully saturated rings. The van der Waals surface area contributed by atoms with Crippen molar-refractivity contribution in [3.05, 3.63) is 36.3 Å². The van der Waals surface area contributed by atoms with Crippen LogP contribution in [0.5, 0.6) is 0 Å². The summed E-state index contributed by atoms with van der Waals surface area (Å²) in [6.45, 7) is 2.76. The Kier molecular flexibility index (Phi) is 3.84. The van der Waals surface area contributed by atoms with Gasteiger partial charge in [-0.1, -0.05) is 0 Å². The number of methoxy groups -OCH3 is 1. The highest BCUT2D eigenvalue weighted by Gasteiger charge is 2.36. The minimum Gasteiger partial charge on any atom is -0.376 e. The van der Waals surface area contributed by atoms with Crippen molar-refractivity contribution in [2.24, 2.45) is 0 Å². The van der Waals surface area contributed by atoms with E-state index in [0.29, 0.717) is 5.82 Å². The van der Waals surface area contributed by atoms with E-state index in [-0.39, 0.29) is 5.60 Å². The van der Waals surface area contributed by atoms with Gasteiger partial charge in [0, 0.05) is 43.4 Å². The normalized spacial score (nSPS) is 16.3. The molecule has 1 aliphatic rings. The number of hydrogen-bond donors (Lipinski definition) is 1. The topological polar surface area (TPSA) is 59.9 Å². The number of nitrogens with zero attached hydrogens (tertiary/aromatic N) is 3. The molecule has 0 aliphatic heterocycles. The molecular weight excluding hydrogens is 264 g/mol. The third-order valence-electron chi connectivity index (χ3n) is 4.06. The highest BCUT2D eigenvalue weighted by molar-refractivity contribution is 5.56. The molecule has 2 aromatic heterocycles. The Morgan fingerprint density at radius 1 is 1.33 bits per heavy atom. The maximum Gasteiger partial charge on any atom is 0.163 e. The van der Waals surface area contributed by atoms with E-state index in [1.165, 1.54) is 6.42 Å². The Labute approximate surface area is 124 Å². The van der Waals surface area contributed by atoms with Crippen LogP contribution in [0.15, 0.2) is 30.6 Å². The van der Waals surface area contributed by atoms with Crippen molar-refractivity contribution < 1.29 is 4.74 Å². The number of anilines is 1. The van der Waals surface area contributed by atoms with E-state index in [0.717, 1.165) is 36.5 Å². The van der Waals surface area contributed by atoms with Gasteiger partial charge in [0.25, 0.3) is 0 Å². The van der Waals surface area contributed by atoms with Gasteiger partial charge in [0.05, 0.1) is 5.60 Å². The fourth-order valence-corrected chi connectivity index (χ4v) is 2.56. The Morgan fingerprint density at radius 2 is 2.19 bits per heavy atom. The average molecular weight is 284 g/mol. The van der Waals surface area contributed by atoms with E-state index >= 15 is 0 Å². The SMILES string of the molecule is COC1(CNc2cc(C)nc(-c3cccnc3)n2)CCC1. The van der Waals surface area contributed by atoms with Crippen molar-refractivity contribution in [2.45, 2.75) is 31.8 Å². The fraction of sp³-hybridized carbons (Fsp3) is 0.438. The summed E-state index contributed by atoms with van der Waals surface area (Å²) in [5, 5.41) is 3.39. The van der Waals surface area contributed by atoms with Crippen molar-refractivity contribution in [1.82, 2.24) is 15.0 Å². The molecule has 0 atom stereocenters. The second-order valence-electron chi connectivity index (χ2n) is 5.55. The number of aromatic nitrogens is 3. The first kappa shape index (κ1) is 13.9. The third kappa shape index (κ3) is 3.03. The van der Waals surface area contributed by atoms with E-state index in [1.807, 2.05) is 25.1 Å². The number of nitrogens with one attached hydrogen (secondary N) is 1. The van der Waals surface area contributed by atoms with Gasteiger partial charge in [-0.15, -0.1) is 0 Å². The maximum atomic E-state index is 5.62. The van der Waals surface area contributed by atoms with Crippen LogP contribution >= 0.6 is 0 Å². The molecule has 0 bridgehead atoms. The first-order valence-electron chi connectivity index (χ1n) is 7.26. The lowest BCUT2D eigenvalue weighted by Gasteiger charge is -2.40. The molecule has 3 rings (SSSR count). The van der Waals surface area contributed by atoms with Crippen molar-refractivity contribution in [3.8, 4) is 11.4 Å². The molecule has 0 amide bonds. The highest BCUT2D eigenvalue weighted by atomic mass is 16.5. The van der Waals surface area contributed by atoms with E-state index < -0.39 is 0 Å².